The third-order valence-corrected chi connectivity index (χ3v) is 6.43. The van der Waals surface area contributed by atoms with Crippen LogP contribution in [0.4, 0.5) is 5.69 Å². The topological polar surface area (TPSA) is 89.8 Å². The zero-order valence-corrected chi connectivity index (χ0v) is 20.2. The summed E-state index contributed by atoms with van der Waals surface area (Å²) in [6.07, 6.45) is 2.05. The van der Waals surface area contributed by atoms with Gasteiger partial charge < -0.3 is 20.5 Å². The molecular formula is C23H26BrClN6O. The summed E-state index contributed by atoms with van der Waals surface area (Å²) in [4.78, 5) is 24.5. The number of fused-ring (bicyclic) bond motifs is 1. The Labute approximate surface area is 200 Å². The predicted molar refractivity (Wildman–Crippen MR) is 134 cm³/mol. The van der Waals surface area contributed by atoms with Gasteiger partial charge in [0.05, 0.1) is 23.7 Å². The number of nitrogens with one attached hydrogen (secondary N) is 2. The van der Waals surface area contributed by atoms with E-state index in [1.165, 1.54) is 0 Å². The van der Waals surface area contributed by atoms with Crippen LogP contribution in [0.5, 0.6) is 0 Å². The first-order chi connectivity index (χ1) is 15.4. The molecule has 0 radical (unpaired) electrons. The van der Waals surface area contributed by atoms with Crippen LogP contribution in [0.25, 0.3) is 10.9 Å². The molecule has 2 aromatic carbocycles. The molecule has 4 N–H and O–H groups in total. The van der Waals surface area contributed by atoms with Crippen molar-refractivity contribution in [3.8, 4) is 0 Å². The molecule has 0 unspecified atom stereocenters. The normalized spacial score (nSPS) is 15.3. The van der Waals surface area contributed by atoms with E-state index >= 15 is 0 Å². The molecular weight excluding hydrogens is 492 g/mol. The lowest BCUT2D eigenvalue weighted by molar-refractivity contribution is -0.119. The molecule has 9 heteroatoms. The van der Waals surface area contributed by atoms with Gasteiger partial charge in [-0.15, -0.1) is 0 Å². The van der Waals surface area contributed by atoms with Gasteiger partial charge in [0.15, 0.2) is 5.96 Å². The Morgan fingerprint density at radius 3 is 2.75 bits per heavy atom. The van der Waals surface area contributed by atoms with Gasteiger partial charge in [0, 0.05) is 47.8 Å². The molecule has 7 nitrogen and oxygen atoms in total. The summed E-state index contributed by atoms with van der Waals surface area (Å²) in [6.45, 7) is 4.30. The minimum absolute atomic E-state index is 0.0929. The molecule has 0 spiro atoms. The average Bonchev–Trinajstić information content (AvgIpc) is 3.15. The van der Waals surface area contributed by atoms with Gasteiger partial charge in [0.25, 0.3) is 0 Å². The van der Waals surface area contributed by atoms with Crippen LogP contribution in [0.1, 0.15) is 11.1 Å². The molecule has 32 heavy (non-hydrogen) atoms. The highest BCUT2D eigenvalue weighted by atomic mass is 79.9. The minimum atomic E-state index is -0.212. The van der Waals surface area contributed by atoms with Crippen LogP contribution in [-0.2, 0) is 17.8 Å². The fraction of sp³-hybridized carbons (Fsp3) is 0.304. The highest BCUT2D eigenvalue weighted by molar-refractivity contribution is 9.10. The molecule has 0 aliphatic carbocycles. The average molecular weight is 518 g/mol. The number of nitrogens with two attached hydrogens (primary N) is 1. The van der Waals surface area contributed by atoms with Crippen LogP contribution in [-0.4, -0.2) is 55.0 Å². The number of aliphatic imine (C=N–C) groups is 1. The molecule has 1 aromatic heterocycles. The highest BCUT2D eigenvalue weighted by Gasteiger charge is 2.16. The molecule has 3 aromatic rings. The van der Waals surface area contributed by atoms with E-state index in [9.17, 15) is 4.79 Å². The second-order valence-electron chi connectivity index (χ2n) is 8.01. The Morgan fingerprint density at radius 2 is 2.00 bits per heavy atom. The Kier molecular flexibility index (Phi) is 7.03. The lowest BCUT2D eigenvalue weighted by atomic mass is 10.1. The van der Waals surface area contributed by atoms with E-state index in [0.717, 1.165) is 58.4 Å². The van der Waals surface area contributed by atoms with Crippen molar-refractivity contribution in [2.24, 2.45) is 10.7 Å². The number of piperazine rings is 1. The molecule has 2 heterocycles. The number of halogens is 2. The van der Waals surface area contributed by atoms with Crippen molar-refractivity contribution in [1.82, 2.24) is 15.2 Å². The first kappa shape index (κ1) is 22.6. The van der Waals surface area contributed by atoms with Crippen molar-refractivity contribution >= 4 is 56.0 Å². The van der Waals surface area contributed by atoms with Crippen molar-refractivity contribution in [1.29, 1.82) is 0 Å². The van der Waals surface area contributed by atoms with E-state index in [1.807, 2.05) is 42.6 Å². The Bertz CT molecular complexity index is 1150. The van der Waals surface area contributed by atoms with Crippen molar-refractivity contribution in [3.63, 3.8) is 0 Å². The van der Waals surface area contributed by atoms with Crippen LogP contribution in [0.2, 0.25) is 5.02 Å². The minimum Gasteiger partial charge on any atom is -0.370 e. The lowest BCUT2D eigenvalue weighted by Gasteiger charge is -2.34. The van der Waals surface area contributed by atoms with Gasteiger partial charge in [-0.2, -0.15) is 0 Å². The Morgan fingerprint density at radius 1 is 1.22 bits per heavy atom. The molecule has 0 saturated carbocycles. The van der Waals surface area contributed by atoms with Gasteiger partial charge in [-0.1, -0.05) is 33.6 Å². The van der Waals surface area contributed by atoms with E-state index < -0.39 is 0 Å². The van der Waals surface area contributed by atoms with E-state index in [1.54, 1.807) is 0 Å². The molecule has 1 saturated heterocycles. The first-order valence-corrected chi connectivity index (χ1v) is 11.6. The number of benzene rings is 2. The second-order valence-corrected chi connectivity index (χ2v) is 9.33. The molecule has 0 bridgehead atoms. The van der Waals surface area contributed by atoms with Crippen LogP contribution >= 0.6 is 27.5 Å². The number of rotatable bonds is 5. The molecule has 1 aliphatic rings. The molecule has 4 rings (SSSR count). The van der Waals surface area contributed by atoms with Crippen molar-refractivity contribution in [3.05, 3.63) is 63.2 Å². The molecule has 1 aliphatic heterocycles. The number of amides is 1. The van der Waals surface area contributed by atoms with Crippen LogP contribution < -0.4 is 16.0 Å². The van der Waals surface area contributed by atoms with Gasteiger partial charge >= 0.3 is 0 Å². The largest absolute Gasteiger partial charge is 0.370 e. The number of anilines is 1. The summed E-state index contributed by atoms with van der Waals surface area (Å²) in [5.41, 5.74) is 9.80. The number of carbonyl (C=O) groups excluding carboxylic acids is 1. The molecule has 1 amide bonds. The molecule has 168 valence electrons. The van der Waals surface area contributed by atoms with Gasteiger partial charge in [-0.25, -0.2) is 4.99 Å². The van der Waals surface area contributed by atoms with E-state index in [4.69, 9.17) is 17.3 Å². The van der Waals surface area contributed by atoms with Gasteiger partial charge in [-0.3, -0.25) is 10.1 Å². The van der Waals surface area contributed by atoms with Crippen LogP contribution in [0.3, 0.4) is 0 Å². The standard InChI is InChI=1S/C23H26BrClN6O/c1-30-6-8-31(9-7-30)21-5-2-15(10-19(21)25)13-28-23(26)29-22(32)11-16-14-27-20-4-3-17(24)12-18(16)20/h2-5,10,12,14,27H,6-9,11,13H2,1H3,(H3,26,28,29,32). The van der Waals surface area contributed by atoms with E-state index in [2.05, 4.69) is 48.1 Å². The summed E-state index contributed by atoms with van der Waals surface area (Å²) < 4.78 is 0.963. The van der Waals surface area contributed by atoms with E-state index in [-0.39, 0.29) is 18.3 Å². The predicted octanol–water partition coefficient (Wildman–Crippen LogP) is 3.51. The number of hydrogen-bond donors (Lipinski definition) is 3. The Hall–Kier alpha value is -2.55. The smallest absolute Gasteiger partial charge is 0.231 e. The number of guanidine groups is 1. The summed E-state index contributed by atoms with van der Waals surface area (Å²) >= 11 is 9.99. The quantitative estimate of drug-likeness (QED) is 0.357. The number of aromatic nitrogens is 1. The molecule has 1 fully saturated rings. The van der Waals surface area contributed by atoms with Crippen molar-refractivity contribution in [2.75, 3.05) is 38.1 Å². The van der Waals surface area contributed by atoms with Gasteiger partial charge in [-0.05, 0) is 48.5 Å². The fourth-order valence-electron chi connectivity index (χ4n) is 3.83. The summed E-state index contributed by atoms with van der Waals surface area (Å²) in [6, 6.07) is 11.9. The number of likely N-dealkylation sites (N-methyl/N-ethyl adjacent to an activating group) is 1. The third-order valence-electron chi connectivity index (χ3n) is 5.64. The number of hydrogen-bond acceptors (Lipinski definition) is 4. The lowest BCUT2D eigenvalue weighted by Crippen LogP contribution is -2.44. The molecule has 0 atom stereocenters. The number of carbonyl (C=O) groups is 1. The van der Waals surface area contributed by atoms with Crippen LogP contribution in [0.15, 0.2) is 52.1 Å². The zero-order chi connectivity index (χ0) is 22.7. The zero-order valence-electron chi connectivity index (χ0n) is 17.9. The maximum Gasteiger partial charge on any atom is 0.231 e. The summed E-state index contributed by atoms with van der Waals surface area (Å²) in [5.74, 6) is -0.120. The van der Waals surface area contributed by atoms with Crippen molar-refractivity contribution in [2.45, 2.75) is 13.0 Å². The second kappa shape index (κ2) is 9.94. The monoisotopic (exact) mass is 516 g/mol. The van der Waals surface area contributed by atoms with Crippen molar-refractivity contribution < 1.29 is 4.79 Å². The maximum atomic E-state index is 12.4. The maximum absolute atomic E-state index is 12.4. The Balaban J connectivity index is 1.34. The third kappa shape index (κ3) is 5.43. The number of nitrogens with zero attached hydrogens (tertiary/aromatic N) is 3. The first-order valence-electron chi connectivity index (χ1n) is 10.5. The summed E-state index contributed by atoms with van der Waals surface area (Å²) in [5, 5.41) is 4.37. The summed E-state index contributed by atoms with van der Waals surface area (Å²) in [7, 11) is 2.13. The number of H-pyrrole nitrogens is 1. The van der Waals surface area contributed by atoms with Gasteiger partial charge in [0.2, 0.25) is 5.91 Å². The SMILES string of the molecule is CN1CCN(c2ccc(CN=C(N)NC(=O)Cc3c[nH]c4ccc(Br)cc34)cc2Cl)CC1. The van der Waals surface area contributed by atoms with Crippen LogP contribution in [0, 0.1) is 0 Å². The highest BCUT2D eigenvalue weighted by Crippen LogP contribution is 2.28. The van der Waals surface area contributed by atoms with Gasteiger partial charge in [0.1, 0.15) is 0 Å². The van der Waals surface area contributed by atoms with E-state index in [0.29, 0.717) is 11.6 Å². The number of aromatic amines is 1. The fourth-order valence-corrected chi connectivity index (χ4v) is 4.51.